The van der Waals surface area contributed by atoms with E-state index in [1.54, 1.807) is 6.07 Å². The van der Waals surface area contributed by atoms with Gasteiger partial charge in [-0.05, 0) is 42.4 Å². The summed E-state index contributed by atoms with van der Waals surface area (Å²) in [7, 11) is 0. The van der Waals surface area contributed by atoms with Crippen LogP contribution in [0.4, 0.5) is 9.80 Å². The van der Waals surface area contributed by atoms with Gasteiger partial charge in [0.1, 0.15) is 11.6 Å². The summed E-state index contributed by atoms with van der Waals surface area (Å²) < 4.78 is 10.4. The molecule has 2 heterocycles. The van der Waals surface area contributed by atoms with Crippen molar-refractivity contribution in [3.05, 3.63) is 27.4 Å². The summed E-state index contributed by atoms with van der Waals surface area (Å²) in [5, 5.41) is 6.26. The Labute approximate surface area is 135 Å². The van der Waals surface area contributed by atoms with Crippen LogP contribution in [0.15, 0.2) is 18.2 Å². The number of anilines is 1. The Kier molecular flexibility index (Phi) is 4.62. The Bertz CT molecular complexity index is 624. The van der Waals surface area contributed by atoms with E-state index in [4.69, 9.17) is 16.3 Å². The molecule has 0 aromatic carbocycles. The van der Waals surface area contributed by atoms with Crippen molar-refractivity contribution in [3.8, 4) is 5.88 Å². The molecule has 1 aliphatic carbocycles. The van der Waals surface area contributed by atoms with E-state index in [2.05, 4.69) is 15.0 Å². The topological polar surface area (TPSA) is 63.2 Å². The number of urea groups is 1. The first-order valence-electron chi connectivity index (χ1n) is 6.57. The van der Waals surface area contributed by atoms with Crippen LogP contribution in [0.5, 0.6) is 5.88 Å². The van der Waals surface area contributed by atoms with Gasteiger partial charge in [0.2, 0.25) is 5.88 Å². The lowest BCUT2D eigenvalue weighted by Crippen LogP contribution is -2.29. The maximum Gasteiger partial charge on any atom is 0.319 e. The molecule has 8 heteroatoms. The summed E-state index contributed by atoms with van der Waals surface area (Å²) in [5.74, 6) is 1.16. The number of amides is 2. The molecule has 3 rings (SSSR count). The standard InChI is InChI=1S/C13H14ClN3O2S2/c14-10-4-3-9(20-10)7-19-11-5-12(21-17-11)16-13(18)15-6-8-1-2-8/h3-5,8H,1-2,6-7H2,(H2,15,16,18). The predicted octanol–water partition coefficient (Wildman–Crippen LogP) is 3.97. The van der Waals surface area contributed by atoms with Crippen LogP contribution in [-0.2, 0) is 6.61 Å². The van der Waals surface area contributed by atoms with E-state index >= 15 is 0 Å². The molecule has 0 unspecified atom stereocenters. The van der Waals surface area contributed by atoms with E-state index in [0.29, 0.717) is 23.4 Å². The van der Waals surface area contributed by atoms with Gasteiger partial charge in [0, 0.05) is 17.5 Å². The lowest BCUT2D eigenvalue weighted by atomic mass is 10.4. The number of hydrogen-bond acceptors (Lipinski definition) is 5. The molecule has 1 saturated carbocycles. The van der Waals surface area contributed by atoms with Gasteiger partial charge < -0.3 is 10.1 Å². The van der Waals surface area contributed by atoms with E-state index < -0.39 is 0 Å². The minimum atomic E-state index is -0.192. The van der Waals surface area contributed by atoms with Gasteiger partial charge in [-0.25, -0.2) is 4.79 Å². The zero-order valence-electron chi connectivity index (χ0n) is 11.1. The zero-order valence-corrected chi connectivity index (χ0v) is 13.5. The molecule has 1 fully saturated rings. The van der Waals surface area contributed by atoms with Crippen molar-refractivity contribution in [3.63, 3.8) is 0 Å². The van der Waals surface area contributed by atoms with Gasteiger partial charge in [-0.15, -0.1) is 11.3 Å². The van der Waals surface area contributed by atoms with E-state index in [9.17, 15) is 4.79 Å². The fourth-order valence-electron chi connectivity index (χ4n) is 1.68. The Balaban J connectivity index is 1.45. The largest absolute Gasteiger partial charge is 0.471 e. The Morgan fingerprint density at radius 2 is 2.33 bits per heavy atom. The number of carbonyl (C=O) groups excluding carboxylic acids is 1. The number of nitrogens with zero attached hydrogens (tertiary/aromatic N) is 1. The molecule has 0 saturated heterocycles. The maximum atomic E-state index is 11.6. The normalized spacial score (nSPS) is 14.0. The van der Waals surface area contributed by atoms with Crippen LogP contribution in [0, 0.1) is 5.92 Å². The van der Waals surface area contributed by atoms with Gasteiger partial charge in [0.25, 0.3) is 0 Å². The van der Waals surface area contributed by atoms with E-state index in [1.165, 1.54) is 35.7 Å². The van der Waals surface area contributed by atoms with Crippen LogP contribution >= 0.6 is 34.5 Å². The van der Waals surface area contributed by atoms with Crippen LogP contribution in [-0.4, -0.2) is 16.9 Å². The molecule has 2 N–H and O–H groups in total. The van der Waals surface area contributed by atoms with Crippen molar-refractivity contribution in [1.82, 2.24) is 9.69 Å². The summed E-state index contributed by atoms with van der Waals surface area (Å²) >= 11 is 8.53. The molecule has 0 aliphatic heterocycles. The van der Waals surface area contributed by atoms with Gasteiger partial charge in [-0.2, -0.15) is 4.37 Å². The fourth-order valence-corrected chi connectivity index (χ4v) is 3.26. The van der Waals surface area contributed by atoms with Crippen LogP contribution < -0.4 is 15.4 Å². The van der Waals surface area contributed by atoms with E-state index in [-0.39, 0.29) is 6.03 Å². The average Bonchev–Trinajstić information content (AvgIpc) is 3.04. The van der Waals surface area contributed by atoms with Crippen molar-refractivity contribution < 1.29 is 9.53 Å². The minimum Gasteiger partial charge on any atom is -0.471 e. The monoisotopic (exact) mass is 343 g/mol. The Morgan fingerprint density at radius 3 is 3.05 bits per heavy atom. The molecule has 2 aromatic rings. The molecule has 1 aliphatic rings. The number of thiophene rings is 1. The molecule has 0 spiro atoms. The molecule has 5 nitrogen and oxygen atoms in total. The summed E-state index contributed by atoms with van der Waals surface area (Å²) in [6, 6.07) is 5.28. The van der Waals surface area contributed by atoms with Crippen LogP contribution in [0.1, 0.15) is 17.7 Å². The first-order chi connectivity index (χ1) is 10.2. The van der Waals surface area contributed by atoms with Crippen LogP contribution in [0.3, 0.4) is 0 Å². The van der Waals surface area contributed by atoms with E-state index in [0.717, 1.165) is 15.8 Å². The molecule has 2 amide bonds. The Hall–Kier alpha value is -1.31. The number of ether oxygens (including phenoxy) is 1. The first kappa shape index (κ1) is 14.6. The lowest BCUT2D eigenvalue weighted by Gasteiger charge is -2.03. The average molecular weight is 344 g/mol. The maximum absolute atomic E-state index is 11.6. The van der Waals surface area contributed by atoms with Gasteiger partial charge >= 0.3 is 6.03 Å². The van der Waals surface area contributed by atoms with Crippen molar-refractivity contribution in [1.29, 1.82) is 0 Å². The number of aromatic nitrogens is 1. The second kappa shape index (κ2) is 6.64. The molecule has 0 atom stereocenters. The highest BCUT2D eigenvalue weighted by Gasteiger charge is 2.21. The Morgan fingerprint density at radius 1 is 1.48 bits per heavy atom. The molecular weight excluding hydrogens is 330 g/mol. The van der Waals surface area contributed by atoms with Crippen molar-refractivity contribution in [2.75, 3.05) is 11.9 Å². The highest BCUT2D eigenvalue weighted by Crippen LogP contribution is 2.28. The summed E-state index contributed by atoms with van der Waals surface area (Å²) in [5.41, 5.74) is 0. The summed E-state index contributed by atoms with van der Waals surface area (Å²) in [6.07, 6.45) is 2.43. The third-order valence-corrected chi connectivity index (χ3v) is 4.86. The number of hydrogen-bond donors (Lipinski definition) is 2. The SMILES string of the molecule is O=C(NCC1CC1)Nc1cc(OCc2ccc(Cl)s2)ns1. The van der Waals surface area contributed by atoms with Gasteiger partial charge in [-0.3, -0.25) is 5.32 Å². The van der Waals surface area contributed by atoms with Crippen LogP contribution in [0.25, 0.3) is 0 Å². The first-order valence-corrected chi connectivity index (χ1v) is 8.54. The number of nitrogens with one attached hydrogen (secondary N) is 2. The lowest BCUT2D eigenvalue weighted by molar-refractivity contribution is 0.251. The number of halogens is 1. The number of carbonyl (C=O) groups is 1. The predicted molar refractivity (Wildman–Crippen MR) is 85.5 cm³/mol. The smallest absolute Gasteiger partial charge is 0.319 e. The van der Waals surface area contributed by atoms with Crippen molar-refractivity contribution in [2.45, 2.75) is 19.4 Å². The van der Waals surface area contributed by atoms with Crippen molar-refractivity contribution >= 4 is 45.5 Å². The zero-order chi connectivity index (χ0) is 14.7. The van der Waals surface area contributed by atoms with Crippen molar-refractivity contribution in [2.24, 2.45) is 5.92 Å². The number of rotatable bonds is 6. The third kappa shape index (κ3) is 4.59. The van der Waals surface area contributed by atoms with E-state index in [1.807, 2.05) is 12.1 Å². The van der Waals surface area contributed by atoms with Crippen LogP contribution in [0.2, 0.25) is 4.34 Å². The second-order valence-electron chi connectivity index (χ2n) is 4.80. The molecule has 21 heavy (non-hydrogen) atoms. The van der Waals surface area contributed by atoms with Gasteiger partial charge in [0.15, 0.2) is 0 Å². The third-order valence-electron chi connectivity index (χ3n) is 2.96. The highest BCUT2D eigenvalue weighted by atomic mass is 35.5. The second-order valence-corrected chi connectivity index (χ2v) is 7.41. The molecular formula is C13H14ClN3O2S2. The summed E-state index contributed by atoms with van der Waals surface area (Å²) in [4.78, 5) is 12.7. The molecule has 2 aromatic heterocycles. The van der Waals surface area contributed by atoms with Gasteiger partial charge in [-0.1, -0.05) is 11.6 Å². The fraction of sp³-hybridized carbons (Fsp3) is 0.385. The quantitative estimate of drug-likeness (QED) is 0.834. The summed E-state index contributed by atoms with van der Waals surface area (Å²) in [6.45, 7) is 1.17. The highest BCUT2D eigenvalue weighted by molar-refractivity contribution is 7.16. The molecule has 0 bridgehead atoms. The van der Waals surface area contributed by atoms with Gasteiger partial charge in [0.05, 0.1) is 4.34 Å². The molecule has 112 valence electrons. The minimum absolute atomic E-state index is 0.192. The molecule has 0 radical (unpaired) electrons.